The summed E-state index contributed by atoms with van der Waals surface area (Å²) in [5, 5.41) is 3.93. The fraction of sp³-hybridized carbons (Fsp3) is 0.238. The first-order chi connectivity index (χ1) is 13.2. The third kappa shape index (κ3) is 5.24. The Balaban J connectivity index is 1.50. The van der Waals surface area contributed by atoms with Gasteiger partial charge in [-0.05, 0) is 36.8 Å². The van der Waals surface area contributed by atoms with Gasteiger partial charge in [-0.3, -0.25) is 4.79 Å². The van der Waals surface area contributed by atoms with Crippen LogP contribution in [0.1, 0.15) is 18.2 Å². The van der Waals surface area contributed by atoms with Crippen LogP contribution in [0.3, 0.4) is 0 Å². The van der Waals surface area contributed by atoms with Gasteiger partial charge >= 0.3 is 0 Å². The number of rotatable bonds is 8. The number of halogens is 1. The van der Waals surface area contributed by atoms with Crippen LogP contribution in [-0.2, 0) is 22.7 Å². The Hall–Kier alpha value is -2.99. The largest absolute Gasteiger partial charge is 0.365 e. The van der Waals surface area contributed by atoms with Gasteiger partial charge in [-0.2, -0.15) is 0 Å². The molecule has 1 aromatic heterocycles. The molecule has 5 nitrogen and oxygen atoms in total. The fourth-order valence-corrected chi connectivity index (χ4v) is 2.64. The van der Waals surface area contributed by atoms with Crippen LogP contribution < -0.4 is 0 Å². The van der Waals surface area contributed by atoms with Crippen molar-refractivity contribution in [2.75, 3.05) is 13.2 Å². The highest BCUT2D eigenvalue weighted by molar-refractivity contribution is 5.77. The first kappa shape index (κ1) is 18.8. The Bertz CT molecular complexity index is 863. The van der Waals surface area contributed by atoms with Gasteiger partial charge in [-0.1, -0.05) is 35.5 Å². The highest BCUT2D eigenvalue weighted by Crippen LogP contribution is 2.20. The van der Waals surface area contributed by atoms with E-state index in [9.17, 15) is 9.18 Å². The summed E-state index contributed by atoms with van der Waals surface area (Å²) >= 11 is 0. The Morgan fingerprint density at radius 2 is 1.89 bits per heavy atom. The van der Waals surface area contributed by atoms with Crippen LogP contribution in [0, 0.1) is 5.82 Å². The Labute approximate surface area is 157 Å². The number of nitrogens with zero attached hydrogens (tertiary/aromatic N) is 2. The molecule has 140 valence electrons. The van der Waals surface area contributed by atoms with E-state index in [0.29, 0.717) is 24.5 Å². The molecule has 0 spiro atoms. The van der Waals surface area contributed by atoms with Gasteiger partial charge in [0, 0.05) is 24.7 Å². The van der Waals surface area contributed by atoms with E-state index < -0.39 is 0 Å². The quantitative estimate of drug-likeness (QED) is 0.602. The smallest absolute Gasteiger partial charge is 0.248 e. The maximum absolute atomic E-state index is 13.0. The molecule has 0 aliphatic rings. The van der Waals surface area contributed by atoms with Crippen molar-refractivity contribution in [3.8, 4) is 11.3 Å². The van der Waals surface area contributed by atoms with Crippen LogP contribution in [0.25, 0.3) is 11.3 Å². The highest BCUT2D eigenvalue weighted by Gasteiger charge is 2.13. The average Bonchev–Trinajstić information content (AvgIpc) is 3.16. The first-order valence-electron chi connectivity index (χ1n) is 8.76. The number of benzene rings is 2. The molecule has 0 aliphatic heterocycles. The van der Waals surface area contributed by atoms with Crippen LogP contribution in [-0.4, -0.2) is 29.1 Å². The van der Waals surface area contributed by atoms with Gasteiger partial charge in [0.25, 0.3) is 0 Å². The van der Waals surface area contributed by atoms with Gasteiger partial charge in [0.1, 0.15) is 18.1 Å². The second-order valence-corrected chi connectivity index (χ2v) is 6.08. The highest BCUT2D eigenvalue weighted by atomic mass is 19.1. The van der Waals surface area contributed by atoms with Gasteiger partial charge in [0.15, 0.2) is 5.76 Å². The molecule has 0 atom stereocenters. The van der Waals surface area contributed by atoms with E-state index in [1.807, 2.05) is 37.3 Å². The molecule has 0 bridgehead atoms. The molecule has 0 radical (unpaired) electrons. The Morgan fingerprint density at radius 3 is 2.59 bits per heavy atom. The van der Waals surface area contributed by atoms with Crippen molar-refractivity contribution in [2.45, 2.75) is 20.1 Å². The molecule has 1 amide bonds. The van der Waals surface area contributed by atoms with E-state index in [-0.39, 0.29) is 24.9 Å². The number of amides is 1. The second-order valence-electron chi connectivity index (χ2n) is 6.08. The van der Waals surface area contributed by atoms with E-state index in [0.717, 1.165) is 11.1 Å². The lowest BCUT2D eigenvalue weighted by Gasteiger charge is -2.20. The van der Waals surface area contributed by atoms with Crippen LogP contribution in [0.15, 0.2) is 65.2 Å². The summed E-state index contributed by atoms with van der Waals surface area (Å²) in [5.41, 5.74) is 2.38. The van der Waals surface area contributed by atoms with Crippen molar-refractivity contribution in [2.24, 2.45) is 0 Å². The molecular formula is C21H21FN2O3. The molecule has 0 fully saturated rings. The minimum Gasteiger partial charge on any atom is -0.365 e. The van der Waals surface area contributed by atoms with Gasteiger partial charge in [-0.25, -0.2) is 4.39 Å². The molecule has 0 saturated heterocycles. The predicted molar refractivity (Wildman–Crippen MR) is 99.1 cm³/mol. The topological polar surface area (TPSA) is 55.6 Å². The summed E-state index contributed by atoms with van der Waals surface area (Å²) in [6.45, 7) is 3.24. The van der Waals surface area contributed by atoms with Gasteiger partial charge in [0.2, 0.25) is 5.91 Å². The molecule has 1 heterocycles. The van der Waals surface area contributed by atoms with Gasteiger partial charge in [-0.15, -0.1) is 0 Å². The molecule has 3 aromatic rings. The van der Waals surface area contributed by atoms with E-state index in [1.54, 1.807) is 23.1 Å². The van der Waals surface area contributed by atoms with Crippen molar-refractivity contribution < 1.29 is 18.4 Å². The fourth-order valence-electron chi connectivity index (χ4n) is 2.64. The van der Waals surface area contributed by atoms with E-state index in [4.69, 9.17) is 9.26 Å². The van der Waals surface area contributed by atoms with E-state index in [1.165, 1.54) is 12.1 Å². The minimum atomic E-state index is -0.309. The number of hydrogen-bond donors (Lipinski definition) is 0. The third-order valence-corrected chi connectivity index (χ3v) is 4.11. The molecule has 0 saturated carbocycles. The first-order valence-corrected chi connectivity index (χ1v) is 8.76. The Morgan fingerprint density at radius 1 is 1.15 bits per heavy atom. The third-order valence-electron chi connectivity index (χ3n) is 4.11. The van der Waals surface area contributed by atoms with Crippen molar-refractivity contribution in [1.82, 2.24) is 10.1 Å². The number of aromatic nitrogens is 1. The van der Waals surface area contributed by atoms with Crippen LogP contribution in [0.4, 0.5) is 4.39 Å². The van der Waals surface area contributed by atoms with Crippen LogP contribution in [0.2, 0.25) is 0 Å². The summed E-state index contributed by atoms with van der Waals surface area (Å²) < 4.78 is 23.7. The van der Waals surface area contributed by atoms with Crippen molar-refractivity contribution in [3.63, 3.8) is 0 Å². The Kier molecular flexibility index (Phi) is 6.33. The number of ether oxygens (including phenoxy) is 1. The number of carbonyl (C=O) groups excluding carboxylic acids is 1. The molecule has 0 aliphatic carbocycles. The van der Waals surface area contributed by atoms with Crippen LogP contribution in [0.5, 0.6) is 0 Å². The lowest BCUT2D eigenvalue weighted by Crippen LogP contribution is -2.33. The maximum Gasteiger partial charge on any atom is 0.248 e. The number of carbonyl (C=O) groups is 1. The number of hydrogen-bond acceptors (Lipinski definition) is 4. The molecule has 3 rings (SSSR count). The summed E-state index contributed by atoms with van der Waals surface area (Å²) in [6, 6.07) is 17.5. The summed E-state index contributed by atoms with van der Waals surface area (Å²) in [7, 11) is 0. The predicted octanol–water partition coefficient (Wildman–Crippen LogP) is 4.05. The average molecular weight is 368 g/mol. The van der Waals surface area contributed by atoms with Crippen molar-refractivity contribution in [3.05, 3.63) is 77.7 Å². The summed E-state index contributed by atoms with van der Waals surface area (Å²) in [5.74, 6) is 0.138. The second kappa shape index (κ2) is 9.09. The molecule has 2 aromatic carbocycles. The maximum atomic E-state index is 13.0. The summed E-state index contributed by atoms with van der Waals surface area (Å²) in [6.07, 6.45) is 0. The standard InChI is InChI=1S/C21H21FN2O3/c1-2-24(13-16-6-4-3-5-7-16)21(25)15-26-14-19-12-20(27-23-19)17-8-10-18(22)11-9-17/h3-12H,2,13-15H2,1H3. The monoisotopic (exact) mass is 368 g/mol. The van der Waals surface area contributed by atoms with Gasteiger partial charge in [0.05, 0.1) is 6.61 Å². The number of likely N-dealkylation sites (N-methyl/N-ethyl adjacent to an activating group) is 1. The lowest BCUT2D eigenvalue weighted by atomic mass is 10.1. The van der Waals surface area contributed by atoms with Crippen LogP contribution >= 0.6 is 0 Å². The molecule has 27 heavy (non-hydrogen) atoms. The molecule has 6 heteroatoms. The zero-order chi connectivity index (χ0) is 19.1. The molecule has 0 unspecified atom stereocenters. The molecule has 0 N–H and O–H groups in total. The normalized spacial score (nSPS) is 10.7. The zero-order valence-electron chi connectivity index (χ0n) is 15.1. The van der Waals surface area contributed by atoms with Gasteiger partial charge < -0.3 is 14.2 Å². The summed E-state index contributed by atoms with van der Waals surface area (Å²) in [4.78, 5) is 14.1. The SMILES string of the molecule is CCN(Cc1ccccc1)C(=O)COCc1cc(-c2ccc(F)cc2)on1. The molecular weight excluding hydrogens is 347 g/mol. The zero-order valence-corrected chi connectivity index (χ0v) is 15.1. The van der Waals surface area contributed by atoms with E-state index in [2.05, 4.69) is 5.16 Å². The van der Waals surface area contributed by atoms with Crippen molar-refractivity contribution in [1.29, 1.82) is 0 Å². The van der Waals surface area contributed by atoms with Crippen molar-refractivity contribution >= 4 is 5.91 Å². The van der Waals surface area contributed by atoms with E-state index >= 15 is 0 Å². The minimum absolute atomic E-state index is 0.0284. The lowest BCUT2D eigenvalue weighted by molar-refractivity contribution is -0.137.